The number of aliphatic carboxylic acids is 1. The molecule has 0 saturated heterocycles. The topological polar surface area (TPSA) is 99.8 Å². The Kier molecular flexibility index (Phi) is 4.53. The van der Waals surface area contributed by atoms with Crippen LogP contribution in [0.5, 0.6) is 0 Å². The van der Waals surface area contributed by atoms with Crippen LogP contribution in [0, 0.1) is 0 Å². The van der Waals surface area contributed by atoms with Crippen molar-refractivity contribution in [3.63, 3.8) is 0 Å². The summed E-state index contributed by atoms with van der Waals surface area (Å²) in [5, 5.41) is 20.0. The highest BCUT2D eigenvalue weighted by Crippen LogP contribution is 2.07. The predicted octanol–water partition coefficient (Wildman–Crippen LogP) is 0.932. The van der Waals surface area contributed by atoms with Gasteiger partial charge in [-0.15, -0.1) is 0 Å². The molecular weight excluding hydrogens is 214 g/mol. The molecule has 16 heavy (non-hydrogen) atoms. The Morgan fingerprint density at radius 3 is 2.69 bits per heavy atom. The quantitative estimate of drug-likeness (QED) is 0.599. The summed E-state index contributed by atoms with van der Waals surface area (Å²) in [6.45, 7) is 0.947. The van der Waals surface area contributed by atoms with Crippen molar-refractivity contribution < 1.29 is 24.2 Å². The zero-order chi connectivity index (χ0) is 12.0. The summed E-state index contributed by atoms with van der Waals surface area (Å²) in [4.78, 5) is 20.7. The Morgan fingerprint density at radius 1 is 1.38 bits per heavy atom. The molecule has 0 spiro atoms. The number of carboxylic acids is 2. The molecule has 6 heteroatoms. The van der Waals surface area contributed by atoms with Gasteiger partial charge >= 0.3 is 11.9 Å². The van der Waals surface area contributed by atoms with E-state index in [-0.39, 0.29) is 12.0 Å². The number of carbonyl (C=O) groups is 2. The van der Waals surface area contributed by atoms with E-state index in [9.17, 15) is 9.59 Å². The van der Waals surface area contributed by atoms with Gasteiger partial charge in [-0.2, -0.15) is 0 Å². The molecule has 6 nitrogen and oxygen atoms in total. The molecule has 0 aliphatic carbocycles. The summed E-state index contributed by atoms with van der Waals surface area (Å²) in [5.41, 5.74) is 0.113. The van der Waals surface area contributed by atoms with Crippen molar-refractivity contribution in [1.29, 1.82) is 0 Å². The largest absolute Gasteiger partial charge is 0.481 e. The normalized spacial score (nSPS) is 10.2. The fraction of sp³-hybridized carbons (Fsp3) is 0.400. The zero-order valence-corrected chi connectivity index (χ0v) is 8.60. The molecule has 0 unspecified atom stereocenters. The zero-order valence-electron chi connectivity index (χ0n) is 8.60. The van der Waals surface area contributed by atoms with Gasteiger partial charge in [-0.1, -0.05) is 0 Å². The molecule has 0 bridgehead atoms. The number of rotatable bonds is 7. The first-order valence-electron chi connectivity index (χ1n) is 4.83. The van der Waals surface area contributed by atoms with E-state index in [1.165, 1.54) is 12.3 Å². The van der Waals surface area contributed by atoms with Crippen LogP contribution in [0.25, 0.3) is 0 Å². The second kappa shape index (κ2) is 5.92. The van der Waals surface area contributed by atoms with Gasteiger partial charge in [0.25, 0.3) is 0 Å². The maximum atomic E-state index is 10.5. The average Bonchev–Trinajstić information content (AvgIpc) is 2.65. The Labute approximate surface area is 91.9 Å². The van der Waals surface area contributed by atoms with Crippen LogP contribution >= 0.6 is 0 Å². The molecule has 0 aliphatic rings. The number of aromatic carboxylic acids is 1. The van der Waals surface area contributed by atoms with Gasteiger partial charge in [-0.3, -0.25) is 4.79 Å². The summed E-state index contributed by atoms with van der Waals surface area (Å²) in [5.74, 6) is -1.33. The highest BCUT2D eigenvalue weighted by Gasteiger charge is 2.07. The lowest BCUT2D eigenvalue weighted by molar-refractivity contribution is -0.137. The van der Waals surface area contributed by atoms with Crippen LogP contribution in [0.4, 0.5) is 0 Å². The summed E-state index contributed by atoms with van der Waals surface area (Å²) in [7, 11) is 0. The summed E-state index contributed by atoms with van der Waals surface area (Å²) in [6, 6.07) is 1.44. The van der Waals surface area contributed by atoms with Crippen molar-refractivity contribution in [2.45, 2.75) is 19.4 Å². The average molecular weight is 227 g/mol. The smallest absolute Gasteiger partial charge is 0.338 e. The van der Waals surface area contributed by atoms with Gasteiger partial charge < -0.3 is 19.9 Å². The molecule has 0 radical (unpaired) electrons. The Morgan fingerprint density at radius 2 is 2.12 bits per heavy atom. The molecule has 0 amide bonds. The number of hydrogen-bond donors (Lipinski definition) is 3. The first kappa shape index (κ1) is 12.3. The Bertz CT molecular complexity index is 371. The van der Waals surface area contributed by atoms with Gasteiger partial charge in [0.15, 0.2) is 0 Å². The van der Waals surface area contributed by atoms with Crippen molar-refractivity contribution in [2.24, 2.45) is 0 Å². The van der Waals surface area contributed by atoms with Crippen LogP contribution in [0.2, 0.25) is 0 Å². The Balaban J connectivity index is 2.21. The highest BCUT2D eigenvalue weighted by atomic mass is 16.4. The lowest BCUT2D eigenvalue weighted by Crippen LogP contribution is -2.15. The van der Waals surface area contributed by atoms with E-state index in [1.54, 1.807) is 0 Å². The fourth-order valence-electron chi connectivity index (χ4n) is 1.16. The van der Waals surface area contributed by atoms with Crippen molar-refractivity contribution in [3.05, 3.63) is 23.7 Å². The second-order valence-electron chi connectivity index (χ2n) is 3.28. The summed E-state index contributed by atoms with van der Waals surface area (Å²) < 4.78 is 4.99. The van der Waals surface area contributed by atoms with E-state index in [4.69, 9.17) is 14.6 Å². The van der Waals surface area contributed by atoms with E-state index >= 15 is 0 Å². The number of carboxylic acid groups (broad SMARTS) is 2. The molecule has 0 aliphatic heterocycles. The van der Waals surface area contributed by atoms with Crippen LogP contribution < -0.4 is 5.32 Å². The number of nitrogens with one attached hydrogen (secondary N) is 1. The van der Waals surface area contributed by atoms with Crippen LogP contribution in [0.3, 0.4) is 0 Å². The van der Waals surface area contributed by atoms with Gasteiger partial charge in [0.05, 0.1) is 12.1 Å². The van der Waals surface area contributed by atoms with E-state index < -0.39 is 11.9 Å². The minimum atomic E-state index is -1.03. The third-order valence-electron chi connectivity index (χ3n) is 1.94. The lowest BCUT2D eigenvalue weighted by atomic mass is 10.3. The summed E-state index contributed by atoms with van der Waals surface area (Å²) in [6.07, 6.45) is 1.82. The molecule has 88 valence electrons. The van der Waals surface area contributed by atoms with Crippen LogP contribution in [0.15, 0.2) is 16.7 Å². The van der Waals surface area contributed by atoms with Gasteiger partial charge in [0, 0.05) is 6.42 Å². The molecule has 1 heterocycles. The minimum absolute atomic E-state index is 0.113. The molecule has 1 aromatic heterocycles. The third-order valence-corrected chi connectivity index (χ3v) is 1.94. The van der Waals surface area contributed by atoms with Crippen LogP contribution in [0.1, 0.15) is 29.0 Å². The van der Waals surface area contributed by atoms with Crippen molar-refractivity contribution in [3.8, 4) is 0 Å². The van der Waals surface area contributed by atoms with Crippen molar-refractivity contribution in [1.82, 2.24) is 5.32 Å². The highest BCUT2D eigenvalue weighted by molar-refractivity contribution is 5.87. The number of furan rings is 1. The molecule has 3 N–H and O–H groups in total. The second-order valence-corrected chi connectivity index (χ2v) is 3.28. The molecule has 0 atom stereocenters. The monoisotopic (exact) mass is 227 g/mol. The molecule has 1 aromatic rings. The van der Waals surface area contributed by atoms with E-state index in [0.29, 0.717) is 25.3 Å². The van der Waals surface area contributed by atoms with Crippen molar-refractivity contribution >= 4 is 11.9 Å². The molecule has 1 rings (SSSR count). The number of hydrogen-bond acceptors (Lipinski definition) is 4. The van der Waals surface area contributed by atoms with Crippen LogP contribution in [-0.4, -0.2) is 28.7 Å². The molecule has 0 aromatic carbocycles. The first-order chi connectivity index (χ1) is 7.59. The maximum Gasteiger partial charge on any atom is 0.338 e. The van der Waals surface area contributed by atoms with Crippen molar-refractivity contribution in [2.75, 3.05) is 6.54 Å². The van der Waals surface area contributed by atoms with Crippen LogP contribution in [-0.2, 0) is 11.3 Å². The lowest BCUT2D eigenvalue weighted by Gasteiger charge is -1.99. The van der Waals surface area contributed by atoms with Gasteiger partial charge in [0.2, 0.25) is 0 Å². The Hall–Kier alpha value is -1.82. The van der Waals surface area contributed by atoms with Gasteiger partial charge in [-0.25, -0.2) is 4.79 Å². The van der Waals surface area contributed by atoms with E-state index in [2.05, 4.69) is 5.32 Å². The van der Waals surface area contributed by atoms with E-state index in [1.807, 2.05) is 0 Å². The molecule has 0 saturated carbocycles. The SMILES string of the molecule is O=C(O)CCCNCc1cc(C(=O)O)co1. The first-order valence-corrected chi connectivity index (χ1v) is 4.83. The third kappa shape index (κ3) is 4.14. The fourth-order valence-corrected chi connectivity index (χ4v) is 1.16. The van der Waals surface area contributed by atoms with E-state index in [0.717, 1.165) is 0 Å². The van der Waals surface area contributed by atoms with Gasteiger partial charge in [0.1, 0.15) is 12.0 Å². The minimum Gasteiger partial charge on any atom is -0.481 e. The standard InChI is InChI=1S/C10H13NO5/c12-9(13)2-1-3-11-5-8-4-7(6-16-8)10(14)15/h4,6,11H,1-3,5H2,(H,12,13)(H,14,15). The molecule has 0 fully saturated rings. The summed E-state index contributed by atoms with van der Waals surface area (Å²) >= 11 is 0. The molecular formula is C10H13NO5. The van der Waals surface area contributed by atoms with Gasteiger partial charge in [-0.05, 0) is 19.0 Å². The predicted molar refractivity (Wildman–Crippen MR) is 54.2 cm³/mol. The maximum absolute atomic E-state index is 10.5.